The Kier molecular flexibility index (Phi) is 7.84. The van der Waals surface area contributed by atoms with Gasteiger partial charge in [-0.3, -0.25) is 9.59 Å². The van der Waals surface area contributed by atoms with E-state index in [4.69, 9.17) is 0 Å². The lowest BCUT2D eigenvalue weighted by Crippen LogP contribution is -2.34. The van der Waals surface area contributed by atoms with Crippen molar-refractivity contribution in [1.82, 2.24) is 0 Å². The largest absolute Gasteiger partial charge is 0.481 e. The van der Waals surface area contributed by atoms with E-state index >= 15 is 0 Å². The summed E-state index contributed by atoms with van der Waals surface area (Å²) >= 11 is 0. The van der Waals surface area contributed by atoms with Gasteiger partial charge in [0.1, 0.15) is 0 Å². The van der Waals surface area contributed by atoms with Gasteiger partial charge in [0.05, 0.1) is 10.8 Å². The molecule has 118 valence electrons. The molecule has 0 saturated heterocycles. The van der Waals surface area contributed by atoms with Gasteiger partial charge in [-0.1, -0.05) is 39.5 Å². The molecule has 0 aliphatic rings. The summed E-state index contributed by atoms with van der Waals surface area (Å²) in [6.45, 7) is 7.43. The van der Waals surface area contributed by atoms with Gasteiger partial charge >= 0.3 is 11.9 Å². The molecule has 20 heavy (non-hydrogen) atoms. The molecule has 2 N–H and O–H groups in total. The van der Waals surface area contributed by atoms with Crippen molar-refractivity contribution in [2.75, 3.05) is 0 Å². The van der Waals surface area contributed by atoms with Crippen LogP contribution in [0.3, 0.4) is 0 Å². The number of rotatable bonds is 11. The highest BCUT2D eigenvalue weighted by molar-refractivity contribution is 5.75. The smallest absolute Gasteiger partial charge is 0.309 e. The zero-order chi connectivity index (χ0) is 15.8. The molecule has 0 aromatic rings. The van der Waals surface area contributed by atoms with Crippen molar-refractivity contribution in [3.8, 4) is 0 Å². The summed E-state index contributed by atoms with van der Waals surface area (Å²) < 4.78 is 0. The van der Waals surface area contributed by atoms with Crippen molar-refractivity contribution < 1.29 is 19.8 Å². The summed E-state index contributed by atoms with van der Waals surface area (Å²) in [5.41, 5.74) is -1.61. The molecular formula is C16H30O4. The summed E-state index contributed by atoms with van der Waals surface area (Å²) in [6.07, 6.45) is 5.83. The van der Waals surface area contributed by atoms with Crippen molar-refractivity contribution in [2.45, 2.75) is 79.1 Å². The summed E-state index contributed by atoms with van der Waals surface area (Å²) in [7, 11) is 0. The van der Waals surface area contributed by atoms with Crippen LogP contribution in [0.5, 0.6) is 0 Å². The van der Waals surface area contributed by atoms with Crippen LogP contribution >= 0.6 is 0 Å². The molecule has 0 rings (SSSR count). The average Bonchev–Trinajstić information content (AvgIpc) is 2.37. The molecule has 0 heterocycles. The Morgan fingerprint density at radius 2 is 1.25 bits per heavy atom. The molecule has 0 atom stereocenters. The van der Waals surface area contributed by atoms with E-state index in [9.17, 15) is 19.8 Å². The molecule has 0 aromatic heterocycles. The van der Waals surface area contributed by atoms with Gasteiger partial charge in [0.2, 0.25) is 0 Å². The first-order chi connectivity index (χ1) is 9.22. The maximum absolute atomic E-state index is 11.8. The molecular weight excluding hydrogens is 256 g/mol. The van der Waals surface area contributed by atoms with Gasteiger partial charge in [-0.15, -0.1) is 0 Å². The maximum atomic E-state index is 11.8. The highest BCUT2D eigenvalue weighted by Gasteiger charge is 2.39. The Labute approximate surface area is 122 Å². The van der Waals surface area contributed by atoms with E-state index in [2.05, 4.69) is 0 Å². The second-order valence-corrected chi connectivity index (χ2v) is 6.48. The first kappa shape index (κ1) is 18.9. The average molecular weight is 286 g/mol. The van der Waals surface area contributed by atoms with Gasteiger partial charge in [0.25, 0.3) is 0 Å². The number of aliphatic carboxylic acids is 2. The van der Waals surface area contributed by atoms with Crippen LogP contribution in [0.4, 0.5) is 0 Å². The predicted octanol–water partition coefficient (Wildman–Crippen LogP) is 4.33. The molecule has 0 fully saturated rings. The van der Waals surface area contributed by atoms with E-state index in [0.29, 0.717) is 25.7 Å². The monoisotopic (exact) mass is 286 g/mol. The van der Waals surface area contributed by atoms with Crippen LogP contribution in [0.2, 0.25) is 0 Å². The van der Waals surface area contributed by atoms with Crippen LogP contribution in [0.1, 0.15) is 79.1 Å². The second kappa shape index (κ2) is 8.28. The summed E-state index contributed by atoms with van der Waals surface area (Å²) in [5.74, 6) is -1.62. The lowest BCUT2D eigenvalue weighted by Gasteiger charge is -2.32. The van der Waals surface area contributed by atoms with Gasteiger partial charge in [0.15, 0.2) is 0 Å². The third-order valence-electron chi connectivity index (χ3n) is 4.28. The van der Waals surface area contributed by atoms with Gasteiger partial charge < -0.3 is 10.2 Å². The van der Waals surface area contributed by atoms with Gasteiger partial charge in [-0.25, -0.2) is 0 Å². The van der Waals surface area contributed by atoms with Crippen molar-refractivity contribution in [2.24, 2.45) is 10.8 Å². The minimum absolute atomic E-state index is 0.405. The minimum Gasteiger partial charge on any atom is -0.481 e. The van der Waals surface area contributed by atoms with Crippen molar-refractivity contribution in [1.29, 1.82) is 0 Å². The zero-order valence-electron chi connectivity index (χ0n) is 13.4. The van der Waals surface area contributed by atoms with Crippen LogP contribution in [0.25, 0.3) is 0 Å². The van der Waals surface area contributed by atoms with Crippen molar-refractivity contribution >= 4 is 11.9 Å². The third kappa shape index (κ3) is 5.51. The van der Waals surface area contributed by atoms with Crippen LogP contribution < -0.4 is 0 Å². The van der Waals surface area contributed by atoms with Crippen LogP contribution in [-0.4, -0.2) is 22.2 Å². The summed E-state index contributed by atoms with van der Waals surface area (Å²) in [5, 5.41) is 18.8. The summed E-state index contributed by atoms with van der Waals surface area (Å²) in [4.78, 5) is 23.0. The number of carboxylic acids is 2. The molecule has 0 spiro atoms. The van der Waals surface area contributed by atoms with Crippen LogP contribution in [0, 0.1) is 10.8 Å². The number of unbranched alkanes of at least 4 members (excludes halogenated alkanes) is 2. The number of carboxylic acid groups (broad SMARTS) is 2. The first-order valence-corrected chi connectivity index (χ1v) is 7.68. The normalized spacial score (nSPS) is 12.4. The zero-order valence-corrected chi connectivity index (χ0v) is 13.4. The molecule has 0 aromatic carbocycles. The molecule has 0 amide bonds. The highest BCUT2D eigenvalue weighted by Crippen LogP contribution is 2.40. The van der Waals surface area contributed by atoms with E-state index in [1.54, 1.807) is 13.8 Å². The topological polar surface area (TPSA) is 74.6 Å². The fraction of sp³-hybridized carbons (Fsp3) is 0.875. The first-order valence-electron chi connectivity index (χ1n) is 7.68. The van der Waals surface area contributed by atoms with E-state index in [0.717, 1.165) is 25.7 Å². The van der Waals surface area contributed by atoms with Gasteiger partial charge in [-0.2, -0.15) is 0 Å². The lowest BCUT2D eigenvalue weighted by molar-refractivity contribution is -0.154. The Morgan fingerprint density at radius 3 is 1.55 bits per heavy atom. The molecule has 0 bridgehead atoms. The third-order valence-corrected chi connectivity index (χ3v) is 4.28. The number of hydrogen-bond acceptors (Lipinski definition) is 2. The second-order valence-electron chi connectivity index (χ2n) is 6.48. The van der Waals surface area contributed by atoms with E-state index < -0.39 is 22.8 Å². The lowest BCUT2D eigenvalue weighted by atomic mass is 9.71. The number of hydrogen-bond donors (Lipinski definition) is 2. The quantitative estimate of drug-likeness (QED) is 0.593. The van der Waals surface area contributed by atoms with Crippen LogP contribution in [0.15, 0.2) is 0 Å². The molecule has 4 nitrogen and oxygen atoms in total. The SMILES string of the molecule is CCCCC(CCCC)(CCC(C)(C)C(=O)O)C(=O)O. The Morgan fingerprint density at radius 1 is 0.800 bits per heavy atom. The van der Waals surface area contributed by atoms with E-state index in [-0.39, 0.29) is 0 Å². The van der Waals surface area contributed by atoms with E-state index in [1.807, 2.05) is 13.8 Å². The molecule has 4 heteroatoms. The Balaban J connectivity index is 4.98. The predicted molar refractivity (Wildman–Crippen MR) is 79.8 cm³/mol. The minimum atomic E-state index is -0.862. The maximum Gasteiger partial charge on any atom is 0.309 e. The molecule has 0 saturated carbocycles. The fourth-order valence-corrected chi connectivity index (χ4v) is 2.38. The van der Waals surface area contributed by atoms with Crippen molar-refractivity contribution in [3.63, 3.8) is 0 Å². The standard InChI is InChI=1S/C16H30O4/c1-5-7-9-16(14(19)20,10-8-6-2)12-11-15(3,4)13(17)18/h5-12H2,1-4H3,(H,17,18)(H,19,20). The van der Waals surface area contributed by atoms with Gasteiger partial charge in [0, 0.05) is 0 Å². The van der Waals surface area contributed by atoms with E-state index in [1.165, 1.54) is 0 Å². The molecule has 0 aliphatic carbocycles. The molecule has 0 radical (unpaired) electrons. The fourth-order valence-electron chi connectivity index (χ4n) is 2.38. The Hall–Kier alpha value is -1.06. The van der Waals surface area contributed by atoms with Crippen LogP contribution in [-0.2, 0) is 9.59 Å². The molecule has 0 unspecified atom stereocenters. The Bertz CT molecular complexity index is 312. The summed E-state index contributed by atoms with van der Waals surface area (Å²) in [6, 6.07) is 0. The van der Waals surface area contributed by atoms with Gasteiger partial charge in [-0.05, 0) is 39.5 Å². The number of carbonyl (C=O) groups is 2. The van der Waals surface area contributed by atoms with Crippen molar-refractivity contribution in [3.05, 3.63) is 0 Å². The molecule has 0 aliphatic heterocycles. The highest BCUT2D eigenvalue weighted by atomic mass is 16.4.